The number of aryl methyl sites for hydroxylation is 1. The van der Waals surface area contributed by atoms with E-state index >= 15 is 0 Å². The quantitative estimate of drug-likeness (QED) is 0.700. The number of aromatic nitrogens is 2. The van der Waals surface area contributed by atoms with Gasteiger partial charge in [0.25, 0.3) is 0 Å². The van der Waals surface area contributed by atoms with E-state index in [9.17, 15) is 14.0 Å². The molecule has 1 aromatic carbocycles. The highest BCUT2D eigenvalue weighted by Gasteiger charge is 2.21. The fraction of sp³-hybridized carbons (Fsp3) is 0.476. The zero-order valence-corrected chi connectivity index (χ0v) is 16.7. The average molecular weight is 401 g/mol. The van der Waals surface area contributed by atoms with E-state index in [1.807, 2.05) is 11.9 Å². The van der Waals surface area contributed by atoms with Crippen molar-refractivity contribution in [2.75, 3.05) is 19.6 Å². The maximum absolute atomic E-state index is 13.7. The molecule has 1 saturated heterocycles. The first-order chi connectivity index (χ1) is 14.0. The number of rotatable bonds is 7. The van der Waals surface area contributed by atoms with Crippen molar-refractivity contribution >= 4 is 11.9 Å². The van der Waals surface area contributed by atoms with Crippen molar-refractivity contribution in [3.05, 3.63) is 53.9 Å². The number of imidazole rings is 1. The molecule has 0 saturated carbocycles. The van der Waals surface area contributed by atoms with Crippen LogP contribution < -0.4 is 10.6 Å². The van der Waals surface area contributed by atoms with Crippen molar-refractivity contribution in [2.45, 2.75) is 38.1 Å². The van der Waals surface area contributed by atoms with Gasteiger partial charge in [0.1, 0.15) is 17.7 Å². The molecule has 156 valence electrons. The first-order valence-electron chi connectivity index (χ1n) is 10.1. The van der Waals surface area contributed by atoms with Crippen LogP contribution in [-0.2, 0) is 11.8 Å². The van der Waals surface area contributed by atoms with Crippen LogP contribution in [0.2, 0.25) is 0 Å². The molecule has 3 amide bonds. The van der Waals surface area contributed by atoms with Gasteiger partial charge in [-0.2, -0.15) is 0 Å². The molecule has 1 aliphatic heterocycles. The van der Waals surface area contributed by atoms with Gasteiger partial charge < -0.3 is 20.1 Å². The number of hydrogen-bond acceptors (Lipinski definition) is 3. The molecule has 2 aromatic rings. The fourth-order valence-corrected chi connectivity index (χ4v) is 3.57. The average Bonchev–Trinajstić information content (AvgIpc) is 3.01. The summed E-state index contributed by atoms with van der Waals surface area (Å²) in [6.07, 6.45) is 7.82. The molecule has 0 unspecified atom stereocenters. The molecule has 1 atom stereocenters. The smallest absolute Gasteiger partial charge is 0.315 e. The summed E-state index contributed by atoms with van der Waals surface area (Å²) in [5.41, 5.74) is 0.615. The van der Waals surface area contributed by atoms with E-state index in [-0.39, 0.29) is 17.8 Å². The van der Waals surface area contributed by atoms with Crippen LogP contribution in [0, 0.1) is 5.82 Å². The number of likely N-dealkylation sites (tertiary alicyclic amines) is 1. The van der Waals surface area contributed by atoms with Gasteiger partial charge in [0.05, 0.1) is 0 Å². The van der Waals surface area contributed by atoms with E-state index in [0.717, 1.165) is 25.8 Å². The second kappa shape index (κ2) is 10.0. The summed E-state index contributed by atoms with van der Waals surface area (Å²) >= 11 is 0. The summed E-state index contributed by atoms with van der Waals surface area (Å²) in [7, 11) is 1.83. The van der Waals surface area contributed by atoms with E-state index in [4.69, 9.17) is 0 Å². The summed E-state index contributed by atoms with van der Waals surface area (Å²) in [6.45, 7) is 1.89. The lowest BCUT2D eigenvalue weighted by atomic mass is 10.1. The number of carbonyl (C=O) groups is 2. The number of benzene rings is 1. The molecule has 29 heavy (non-hydrogen) atoms. The van der Waals surface area contributed by atoms with Crippen LogP contribution in [0.5, 0.6) is 0 Å². The minimum absolute atomic E-state index is 0.202. The summed E-state index contributed by atoms with van der Waals surface area (Å²) in [5, 5.41) is 5.71. The molecule has 2 heterocycles. The second-order valence-corrected chi connectivity index (χ2v) is 7.33. The van der Waals surface area contributed by atoms with Crippen molar-refractivity contribution in [1.29, 1.82) is 0 Å². The van der Waals surface area contributed by atoms with E-state index < -0.39 is 6.04 Å². The molecule has 7 nitrogen and oxygen atoms in total. The normalized spacial score (nSPS) is 15.7. The van der Waals surface area contributed by atoms with Gasteiger partial charge in [-0.25, -0.2) is 14.2 Å². The van der Waals surface area contributed by atoms with Gasteiger partial charge in [0.15, 0.2) is 0 Å². The van der Waals surface area contributed by atoms with Crippen LogP contribution in [0.15, 0.2) is 36.7 Å². The Morgan fingerprint density at radius 3 is 2.93 bits per heavy atom. The van der Waals surface area contributed by atoms with Gasteiger partial charge in [0.2, 0.25) is 5.91 Å². The van der Waals surface area contributed by atoms with Crippen molar-refractivity contribution in [3.8, 4) is 0 Å². The molecule has 3 rings (SSSR count). The molecule has 2 N–H and O–H groups in total. The Hall–Kier alpha value is -2.90. The topological polar surface area (TPSA) is 79.3 Å². The van der Waals surface area contributed by atoms with Gasteiger partial charge in [-0.05, 0) is 37.0 Å². The van der Waals surface area contributed by atoms with Gasteiger partial charge in [-0.1, -0.05) is 18.6 Å². The van der Waals surface area contributed by atoms with E-state index in [1.54, 1.807) is 29.1 Å². The maximum Gasteiger partial charge on any atom is 0.315 e. The van der Waals surface area contributed by atoms with E-state index in [1.165, 1.54) is 12.1 Å². The van der Waals surface area contributed by atoms with Crippen molar-refractivity contribution in [3.63, 3.8) is 0 Å². The SMILES string of the molecule is Cn1ccnc1[C@@H](NC(=O)NCCCN1CCCCCC1=O)c1cccc(F)c1. The zero-order valence-electron chi connectivity index (χ0n) is 16.7. The van der Waals surface area contributed by atoms with Gasteiger partial charge >= 0.3 is 6.03 Å². The Kier molecular flexibility index (Phi) is 7.21. The predicted octanol–water partition coefficient (Wildman–Crippen LogP) is 2.74. The Labute approximate surface area is 170 Å². The van der Waals surface area contributed by atoms with Crippen molar-refractivity contribution < 1.29 is 14.0 Å². The third-order valence-corrected chi connectivity index (χ3v) is 5.14. The summed E-state index contributed by atoms with van der Waals surface area (Å²) in [5.74, 6) is 0.444. The molecule has 0 spiro atoms. The van der Waals surface area contributed by atoms with Crippen molar-refractivity contribution in [1.82, 2.24) is 25.1 Å². The number of nitrogens with one attached hydrogen (secondary N) is 2. The number of carbonyl (C=O) groups excluding carboxylic acids is 2. The maximum atomic E-state index is 13.7. The third kappa shape index (κ3) is 5.79. The van der Waals surface area contributed by atoms with Crippen molar-refractivity contribution in [2.24, 2.45) is 7.05 Å². The number of amides is 3. The number of nitrogens with zero attached hydrogens (tertiary/aromatic N) is 3. The Bertz CT molecular complexity index is 838. The highest BCUT2D eigenvalue weighted by atomic mass is 19.1. The summed E-state index contributed by atoms with van der Waals surface area (Å²) in [4.78, 5) is 30.7. The summed E-state index contributed by atoms with van der Waals surface area (Å²) < 4.78 is 15.5. The zero-order chi connectivity index (χ0) is 20.6. The fourth-order valence-electron chi connectivity index (χ4n) is 3.57. The molecule has 1 aliphatic rings. The molecule has 0 radical (unpaired) electrons. The van der Waals surface area contributed by atoms with Crippen LogP contribution in [0.1, 0.15) is 49.5 Å². The monoisotopic (exact) mass is 401 g/mol. The molecule has 1 fully saturated rings. The number of urea groups is 1. The lowest BCUT2D eigenvalue weighted by Gasteiger charge is -2.21. The molecule has 0 aliphatic carbocycles. The first kappa shape index (κ1) is 20.8. The largest absolute Gasteiger partial charge is 0.343 e. The Morgan fingerprint density at radius 1 is 1.31 bits per heavy atom. The molecular formula is C21H28FN5O2. The standard InChI is InChI=1S/C21H28FN5O2/c1-26-14-11-23-20(26)19(16-7-5-8-17(22)15-16)25-21(29)24-10-6-13-27-12-4-2-3-9-18(27)28/h5,7-8,11,14-15,19H,2-4,6,9-10,12-13H2,1H3,(H2,24,25,29)/t19-/m0/s1. The van der Waals surface area contributed by atoms with Crippen LogP contribution >= 0.6 is 0 Å². The number of halogens is 1. The number of hydrogen-bond donors (Lipinski definition) is 2. The lowest BCUT2D eigenvalue weighted by molar-refractivity contribution is -0.130. The van der Waals surface area contributed by atoms with Crippen LogP contribution in [0.4, 0.5) is 9.18 Å². The van der Waals surface area contributed by atoms with Gasteiger partial charge in [0, 0.05) is 45.5 Å². The molecule has 1 aromatic heterocycles. The van der Waals surface area contributed by atoms with Crippen LogP contribution in [0.25, 0.3) is 0 Å². The highest BCUT2D eigenvalue weighted by Crippen LogP contribution is 2.21. The molecule has 0 bridgehead atoms. The predicted molar refractivity (Wildman–Crippen MR) is 108 cm³/mol. The van der Waals surface area contributed by atoms with E-state index in [0.29, 0.717) is 37.3 Å². The Balaban J connectivity index is 1.55. The van der Waals surface area contributed by atoms with Crippen LogP contribution in [-0.4, -0.2) is 46.0 Å². The second-order valence-electron chi connectivity index (χ2n) is 7.33. The lowest BCUT2D eigenvalue weighted by Crippen LogP contribution is -2.40. The first-order valence-corrected chi connectivity index (χ1v) is 10.1. The minimum Gasteiger partial charge on any atom is -0.343 e. The highest BCUT2D eigenvalue weighted by molar-refractivity contribution is 5.76. The third-order valence-electron chi connectivity index (χ3n) is 5.14. The van der Waals surface area contributed by atoms with E-state index in [2.05, 4.69) is 15.6 Å². The van der Waals surface area contributed by atoms with Gasteiger partial charge in [-0.15, -0.1) is 0 Å². The summed E-state index contributed by atoms with van der Waals surface area (Å²) in [6, 6.07) is 5.20. The van der Waals surface area contributed by atoms with Crippen LogP contribution in [0.3, 0.4) is 0 Å². The minimum atomic E-state index is -0.571. The Morgan fingerprint density at radius 2 is 2.17 bits per heavy atom. The molecular weight excluding hydrogens is 373 g/mol. The van der Waals surface area contributed by atoms with Gasteiger partial charge in [-0.3, -0.25) is 4.79 Å². The molecule has 8 heteroatoms.